The molecule has 0 amide bonds. The molecule has 3 rings (SSSR count). The van der Waals surface area contributed by atoms with Crippen LogP contribution in [-0.2, 0) is 0 Å². The molecule has 1 atom stereocenters. The lowest BCUT2D eigenvalue weighted by Crippen LogP contribution is -2.11. The number of hydrogen-bond acceptors (Lipinski definition) is 5. The zero-order valence-corrected chi connectivity index (χ0v) is 11.8. The van der Waals surface area contributed by atoms with Crippen molar-refractivity contribution in [1.29, 1.82) is 0 Å². The van der Waals surface area contributed by atoms with Crippen LogP contribution in [0, 0.1) is 11.6 Å². The fourth-order valence-electron chi connectivity index (χ4n) is 2.03. The van der Waals surface area contributed by atoms with E-state index in [9.17, 15) is 13.9 Å². The van der Waals surface area contributed by atoms with Crippen molar-refractivity contribution < 1.29 is 23.0 Å². The second kappa shape index (κ2) is 6.53. The minimum atomic E-state index is -1.28. The molecule has 1 unspecified atom stereocenters. The first-order valence-corrected chi connectivity index (χ1v) is 6.76. The van der Waals surface area contributed by atoms with Crippen LogP contribution in [0.1, 0.15) is 11.7 Å². The fraction of sp³-hybridized carbons (Fsp3) is 0.125. The Balaban J connectivity index is 1.65. The molecule has 0 saturated heterocycles. The van der Waals surface area contributed by atoms with E-state index in [0.29, 0.717) is 17.2 Å². The molecule has 0 bridgehead atoms. The largest absolute Gasteiger partial charge is 0.491 e. The maximum atomic E-state index is 13.6. The number of aliphatic hydroxyl groups is 1. The molecule has 0 aliphatic rings. The third-order valence-corrected chi connectivity index (χ3v) is 3.19. The lowest BCUT2D eigenvalue weighted by atomic mass is 10.1. The predicted octanol–water partition coefficient (Wildman–Crippen LogP) is 3.13. The SMILES string of the molecule is OC(COc1ccc(-c2nnco2)cc1)c1cc(F)ccc1F. The topological polar surface area (TPSA) is 68.4 Å². The Bertz CT molecular complexity index is 777. The maximum absolute atomic E-state index is 13.6. The van der Waals surface area contributed by atoms with Crippen LogP contribution in [0.25, 0.3) is 11.5 Å². The lowest BCUT2D eigenvalue weighted by molar-refractivity contribution is 0.104. The molecule has 5 nitrogen and oxygen atoms in total. The third kappa shape index (κ3) is 3.51. The molecule has 0 fully saturated rings. The van der Waals surface area contributed by atoms with Crippen molar-refractivity contribution >= 4 is 0 Å². The van der Waals surface area contributed by atoms with E-state index in [4.69, 9.17) is 9.15 Å². The second-order valence-corrected chi connectivity index (χ2v) is 4.76. The lowest BCUT2D eigenvalue weighted by Gasteiger charge is -2.13. The molecule has 1 heterocycles. The molecule has 0 spiro atoms. The summed E-state index contributed by atoms with van der Waals surface area (Å²) in [6.07, 6.45) is -0.0507. The Morgan fingerprint density at radius 3 is 2.61 bits per heavy atom. The van der Waals surface area contributed by atoms with Crippen molar-refractivity contribution in [2.45, 2.75) is 6.10 Å². The molecular formula is C16H12F2N2O3. The van der Waals surface area contributed by atoms with Crippen LogP contribution >= 0.6 is 0 Å². The van der Waals surface area contributed by atoms with Crippen molar-refractivity contribution in [3.63, 3.8) is 0 Å². The summed E-state index contributed by atoms with van der Waals surface area (Å²) >= 11 is 0. The van der Waals surface area contributed by atoms with E-state index < -0.39 is 17.7 Å². The summed E-state index contributed by atoms with van der Waals surface area (Å²) in [6.45, 7) is -0.208. The van der Waals surface area contributed by atoms with Crippen molar-refractivity contribution in [2.75, 3.05) is 6.61 Å². The van der Waals surface area contributed by atoms with Gasteiger partial charge in [-0.15, -0.1) is 10.2 Å². The number of hydrogen-bond donors (Lipinski definition) is 1. The Kier molecular flexibility index (Phi) is 4.29. The molecule has 0 saturated carbocycles. The van der Waals surface area contributed by atoms with E-state index >= 15 is 0 Å². The van der Waals surface area contributed by atoms with Gasteiger partial charge in [0.25, 0.3) is 0 Å². The molecule has 23 heavy (non-hydrogen) atoms. The van der Waals surface area contributed by atoms with Gasteiger partial charge in [-0.3, -0.25) is 0 Å². The van der Waals surface area contributed by atoms with Crippen molar-refractivity contribution in [2.24, 2.45) is 0 Å². The number of ether oxygens (including phenoxy) is 1. The van der Waals surface area contributed by atoms with Gasteiger partial charge in [-0.25, -0.2) is 8.78 Å². The van der Waals surface area contributed by atoms with Crippen LogP contribution in [0.15, 0.2) is 53.3 Å². The number of aromatic nitrogens is 2. The minimum absolute atomic E-state index is 0.146. The van der Waals surface area contributed by atoms with Crippen LogP contribution in [0.4, 0.5) is 8.78 Å². The molecule has 7 heteroatoms. The van der Waals surface area contributed by atoms with Crippen LogP contribution in [-0.4, -0.2) is 21.9 Å². The van der Waals surface area contributed by atoms with Gasteiger partial charge in [-0.05, 0) is 42.5 Å². The zero-order valence-electron chi connectivity index (χ0n) is 11.8. The highest BCUT2D eigenvalue weighted by Crippen LogP contribution is 2.23. The van der Waals surface area contributed by atoms with Gasteiger partial charge in [0.2, 0.25) is 12.3 Å². The maximum Gasteiger partial charge on any atom is 0.247 e. The quantitative estimate of drug-likeness (QED) is 0.783. The van der Waals surface area contributed by atoms with Gasteiger partial charge in [0.1, 0.15) is 30.1 Å². The third-order valence-electron chi connectivity index (χ3n) is 3.19. The molecular weight excluding hydrogens is 306 g/mol. The molecule has 0 aliphatic heterocycles. The Hall–Kier alpha value is -2.80. The van der Waals surface area contributed by atoms with Gasteiger partial charge >= 0.3 is 0 Å². The Morgan fingerprint density at radius 1 is 1.13 bits per heavy atom. The van der Waals surface area contributed by atoms with Gasteiger partial charge in [-0.1, -0.05) is 0 Å². The molecule has 1 aromatic heterocycles. The molecule has 1 N–H and O–H groups in total. The number of aliphatic hydroxyl groups excluding tert-OH is 1. The summed E-state index contributed by atoms with van der Waals surface area (Å²) in [6, 6.07) is 9.61. The van der Waals surface area contributed by atoms with Gasteiger partial charge in [0, 0.05) is 11.1 Å². The molecule has 3 aromatic rings. The van der Waals surface area contributed by atoms with E-state index in [1.807, 2.05) is 0 Å². The summed E-state index contributed by atoms with van der Waals surface area (Å²) < 4.78 is 37.1. The summed E-state index contributed by atoms with van der Waals surface area (Å²) in [5.74, 6) is -0.471. The first-order valence-electron chi connectivity index (χ1n) is 6.76. The minimum Gasteiger partial charge on any atom is -0.491 e. The fourth-order valence-corrected chi connectivity index (χ4v) is 2.03. The molecule has 0 radical (unpaired) electrons. The van der Waals surface area contributed by atoms with E-state index in [0.717, 1.165) is 18.2 Å². The molecule has 118 valence electrons. The van der Waals surface area contributed by atoms with E-state index in [1.165, 1.54) is 6.39 Å². The van der Waals surface area contributed by atoms with Gasteiger partial charge < -0.3 is 14.3 Å². The predicted molar refractivity (Wildman–Crippen MR) is 76.5 cm³/mol. The van der Waals surface area contributed by atoms with Crippen molar-refractivity contribution in [1.82, 2.24) is 10.2 Å². The van der Waals surface area contributed by atoms with Crippen LogP contribution in [0.3, 0.4) is 0 Å². The monoisotopic (exact) mass is 318 g/mol. The smallest absolute Gasteiger partial charge is 0.247 e. The summed E-state index contributed by atoms with van der Waals surface area (Å²) in [4.78, 5) is 0. The van der Waals surface area contributed by atoms with E-state index in [1.54, 1.807) is 24.3 Å². The summed E-state index contributed by atoms with van der Waals surface area (Å²) in [5.41, 5.74) is 0.569. The van der Waals surface area contributed by atoms with E-state index in [2.05, 4.69) is 10.2 Å². The normalized spacial score (nSPS) is 12.1. The highest BCUT2D eigenvalue weighted by Gasteiger charge is 2.15. The number of benzene rings is 2. The average Bonchev–Trinajstić information content (AvgIpc) is 3.10. The first-order chi connectivity index (χ1) is 11.1. The zero-order chi connectivity index (χ0) is 16.2. The standard InChI is InChI=1S/C16H12F2N2O3/c17-11-3-6-14(18)13(7-11)15(21)8-22-12-4-1-10(2-5-12)16-20-19-9-23-16/h1-7,9,15,21H,8H2. The van der Waals surface area contributed by atoms with Crippen LogP contribution in [0.5, 0.6) is 5.75 Å². The van der Waals surface area contributed by atoms with Gasteiger partial charge in [-0.2, -0.15) is 0 Å². The van der Waals surface area contributed by atoms with Crippen molar-refractivity contribution in [3.05, 3.63) is 66.1 Å². The van der Waals surface area contributed by atoms with Crippen molar-refractivity contribution in [3.8, 4) is 17.2 Å². The van der Waals surface area contributed by atoms with Crippen LogP contribution in [0.2, 0.25) is 0 Å². The number of rotatable bonds is 5. The van der Waals surface area contributed by atoms with Crippen LogP contribution < -0.4 is 4.74 Å². The highest BCUT2D eigenvalue weighted by molar-refractivity contribution is 5.53. The second-order valence-electron chi connectivity index (χ2n) is 4.76. The molecule has 0 aliphatic carbocycles. The first kappa shape index (κ1) is 15.1. The van der Waals surface area contributed by atoms with E-state index in [-0.39, 0.29) is 12.2 Å². The molecule has 2 aromatic carbocycles. The summed E-state index contributed by atoms with van der Waals surface area (Å²) in [7, 11) is 0. The summed E-state index contributed by atoms with van der Waals surface area (Å²) in [5, 5.41) is 17.3. The highest BCUT2D eigenvalue weighted by atomic mass is 19.1. The Morgan fingerprint density at radius 2 is 1.91 bits per heavy atom. The number of halogens is 2. The van der Waals surface area contributed by atoms with Gasteiger partial charge in [0.15, 0.2) is 0 Å². The Labute approximate surface area is 130 Å². The van der Waals surface area contributed by atoms with Gasteiger partial charge in [0.05, 0.1) is 0 Å². The average molecular weight is 318 g/mol. The number of nitrogens with zero attached hydrogens (tertiary/aromatic N) is 2.